The lowest BCUT2D eigenvalue weighted by Crippen LogP contribution is -2.32. The van der Waals surface area contributed by atoms with Gasteiger partial charge in [-0.1, -0.05) is 12.1 Å². The monoisotopic (exact) mass is 321 g/mol. The Kier molecular flexibility index (Phi) is 3.42. The molecule has 0 spiro atoms. The van der Waals surface area contributed by atoms with E-state index in [9.17, 15) is 4.79 Å². The van der Waals surface area contributed by atoms with Crippen LogP contribution in [0.1, 0.15) is 6.92 Å². The van der Waals surface area contributed by atoms with E-state index >= 15 is 0 Å². The number of anilines is 1. The van der Waals surface area contributed by atoms with Gasteiger partial charge in [-0.25, -0.2) is 4.79 Å². The number of tetrazole rings is 1. The summed E-state index contributed by atoms with van der Waals surface area (Å²) in [4.78, 5) is 19.4. The third-order valence-electron chi connectivity index (χ3n) is 3.85. The molecule has 1 N–H and O–H groups in total. The lowest BCUT2D eigenvalue weighted by molar-refractivity contribution is 0.252. The number of hydrogen-bond donors (Lipinski definition) is 1. The molecule has 0 aliphatic carbocycles. The second-order valence-electron chi connectivity index (χ2n) is 5.54. The van der Waals surface area contributed by atoms with E-state index in [-0.39, 0.29) is 12.1 Å². The van der Waals surface area contributed by atoms with Gasteiger partial charge in [-0.3, -0.25) is 9.88 Å². The maximum atomic E-state index is 12.0. The largest absolute Gasteiger partial charge is 0.336 e. The standard InChI is InChI=1S/C16H15N7O/c1-11-10-18-16(24)22(11)12-5-4-6-13(9-12)23-20-15(19-21-23)14-7-2-3-8-17-14/h2-9,11H,10H2,1H3,(H,18,24). The normalized spacial score (nSPS) is 17.1. The molecule has 3 heterocycles. The summed E-state index contributed by atoms with van der Waals surface area (Å²) in [5.41, 5.74) is 2.19. The van der Waals surface area contributed by atoms with E-state index < -0.39 is 0 Å². The smallest absolute Gasteiger partial charge is 0.322 e. The van der Waals surface area contributed by atoms with Crippen molar-refractivity contribution in [2.24, 2.45) is 0 Å². The zero-order valence-electron chi connectivity index (χ0n) is 13.0. The first-order valence-electron chi connectivity index (χ1n) is 7.61. The molecule has 1 aliphatic heterocycles. The van der Waals surface area contributed by atoms with Gasteiger partial charge in [0.05, 0.1) is 11.7 Å². The number of rotatable bonds is 3. The Morgan fingerprint density at radius 1 is 1.17 bits per heavy atom. The van der Waals surface area contributed by atoms with Crippen molar-refractivity contribution in [3.05, 3.63) is 48.7 Å². The molecule has 1 unspecified atom stereocenters. The van der Waals surface area contributed by atoms with Gasteiger partial charge in [-0.15, -0.1) is 15.0 Å². The second-order valence-corrected chi connectivity index (χ2v) is 5.54. The van der Waals surface area contributed by atoms with Crippen molar-refractivity contribution >= 4 is 11.7 Å². The number of nitrogens with one attached hydrogen (secondary N) is 1. The summed E-state index contributed by atoms with van der Waals surface area (Å²) < 4.78 is 0. The van der Waals surface area contributed by atoms with Gasteiger partial charge in [-0.2, -0.15) is 0 Å². The molecule has 2 amide bonds. The van der Waals surface area contributed by atoms with Gasteiger partial charge in [0.25, 0.3) is 0 Å². The molecule has 1 aliphatic rings. The summed E-state index contributed by atoms with van der Waals surface area (Å²) in [7, 11) is 0. The van der Waals surface area contributed by atoms with Crippen LogP contribution in [-0.4, -0.2) is 43.8 Å². The number of urea groups is 1. The van der Waals surface area contributed by atoms with Crippen LogP contribution < -0.4 is 10.2 Å². The topological polar surface area (TPSA) is 88.8 Å². The fraction of sp³-hybridized carbons (Fsp3) is 0.188. The molecule has 0 radical (unpaired) electrons. The molecule has 8 heteroatoms. The molecule has 2 aromatic heterocycles. The summed E-state index contributed by atoms with van der Waals surface area (Å²) >= 11 is 0. The Balaban J connectivity index is 1.67. The van der Waals surface area contributed by atoms with Crippen LogP contribution in [0, 0.1) is 0 Å². The lowest BCUT2D eigenvalue weighted by Gasteiger charge is -2.20. The van der Waals surface area contributed by atoms with Crippen molar-refractivity contribution in [2.75, 3.05) is 11.4 Å². The summed E-state index contributed by atoms with van der Waals surface area (Å²) in [6, 6.07) is 13.0. The zero-order chi connectivity index (χ0) is 16.5. The predicted octanol–water partition coefficient (Wildman–Crippen LogP) is 1.64. The quantitative estimate of drug-likeness (QED) is 0.792. The molecule has 4 rings (SSSR count). The SMILES string of the molecule is CC1CNC(=O)N1c1cccc(-n2nnc(-c3ccccn3)n2)c1. The molecule has 8 nitrogen and oxygen atoms in total. The molecule has 120 valence electrons. The first kappa shape index (κ1) is 14.3. The summed E-state index contributed by atoms with van der Waals surface area (Å²) in [5, 5.41) is 15.3. The minimum absolute atomic E-state index is 0.0969. The van der Waals surface area contributed by atoms with Gasteiger partial charge < -0.3 is 5.32 Å². The van der Waals surface area contributed by atoms with E-state index in [0.29, 0.717) is 18.1 Å². The van der Waals surface area contributed by atoms with Crippen molar-refractivity contribution in [1.82, 2.24) is 30.5 Å². The number of amides is 2. The average molecular weight is 321 g/mol. The first-order valence-corrected chi connectivity index (χ1v) is 7.61. The van der Waals surface area contributed by atoms with Gasteiger partial charge in [-0.05, 0) is 42.5 Å². The van der Waals surface area contributed by atoms with Crippen LogP contribution in [0.4, 0.5) is 10.5 Å². The van der Waals surface area contributed by atoms with Gasteiger partial charge in [0.15, 0.2) is 0 Å². The van der Waals surface area contributed by atoms with E-state index in [4.69, 9.17) is 0 Å². The Bertz CT molecular complexity index is 877. The lowest BCUT2D eigenvalue weighted by atomic mass is 10.2. The van der Waals surface area contributed by atoms with Crippen molar-refractivity contribution in [2.45, 2.75) is 13.0 Å². The van der Waals surface area contributed by atoms with Gasteiger partial charge in [0.1, 0.15) is 5.69 Å². The Hall–Kier alpha value is -3.29. The van der Waals surface area contributed by atoms with Gasteiger partial charge >= 0.3 is 6.03 Å². The van der Waals surface area contributed by atoms with Crippen molar-refractivity contribution in [1.29, 1.82) is 0 Å². The van der Waals surface area contributed by atoms with Crippen LogP contribution in [-0.2, 0) is 0 Å². The molecule has 1 saturated heterocycles. The highest BCUT2D eigenvalue weighted by Crippen LogP contribution is 2.23. The van der Waals surface area contributed by atoms with Crippen molar-refractivity contribution < 1.29 is 4.79 Å². The average Bonchev–Trinajstić information content (AvgIpc) is 3.23. The third kappa shape index (κ3) is 2.47. The molecule has 1 aromatic carbocycles. The number of pyridine rings is 1. The van der Waals surface area contributed by atoms with Crippen LogP contribution in [0.5, 0.6) is 0 Å². The highest BCUT2D eigenvalue weighted by Gasteiger charge is 2.28. The van der Waals surface area contributed by atoms with Crippen LogP contribution in [0.3, 0.4) is 0 Å². The number of benzene rings is 1. The van der Waals surface area contributed by atoms with E-state index in [1.54, 1.807) is 11.1 Å². The van der Waals surface area contributed by atoms with Crippen LogP contribution >= 0.6 is 0 Å². The Labute approximate surface area is 138 Å². The second kappa shape index (κ2) is 5.73. The van der Waals surface area contributed by atoms with E-state index in [2.05, 4.69) is 25.7 Å². The molecule has 0 bridgehead atoms. The molecular weight excluding hydrogens is 306 g/mol. The zero-order valence-corrected chi connectivity index (χ0v) is 13.0. The molecule has 3 aromatic rings. The van der Waals surface area contributed by atoms with Crippen LogP contribution in [0.2, 0.25) is 0 Å². The number of carbonyl (C=O) groups is 1. The number of nitrogens with zero attached hydrogens (tertiary/aromatic N) is 6. The number of hydrogen-bond acceptors (Lipinski definition) is 5. The minimum atomic E-state index is -0.0969. The fourth-order valence-corrected chi connectivity index (χ4v) is 2.67. The highest BCUT2D eigenvalue weighted by molar-refractivity contribution is 5.95. The predicted molar refractivity (Wildman–Crippen MR) is 87.7 cm³/mol. The number of aromatic nitrogens is 5. The van der Waals surface area contributed by atoms with Crippen molar-refractivity contribution in [3.63, 3.8) is 0 Å². The maximum absolute atomic E-state index is 12.0. The Morgan fingerprint density at radius 3 is 2.79 bits per heavy atom. The van der Waals surface area contributed by atoms with E-state index in [1.165, 1.54) is 4.80 Å². The first-order chi connectivity index (χ1) is 11.7. The van der Waals surface area contributed by atoms with Crippen LogP contribution in [0.15, 0.2) is 48.7 Å². The molecular formula is C16H15N7O. The van der Waals surface area contributed by atoms with Gasteiger partial charge in [0, 0.05) is 18.4 Å². The van der Waals surface area contributed by atoms with E-state index in [0.717, 1.165) is 11.4 Å². The molecule has 1 atom stereocenters. The van der Waals surface area contributed by atoms with Gasteiger partial charge in [0.2, 0.25) is 5.82 Å². The molecule has 1 fully saturated rings. The van der Waals surface area contributed by atoms with E-state index in [1.807, 2.05) is 49.4 Å². The summed E-state index contributed by atoms with van der Waals surface area (Å²) in [5.74, 6) is 0.452. The number of carbonyl (C=O) groups excluding carboxylic acids is 1. The van der Waals surface area contributed by atoms with Crippen molar-refractivity contribution in [3.8, 4) is 17.2 Å². The highest BCUT2D eigenvalue weighted by atomic mass is 16.2. The summed E-state index contributed by atoms with van der Waals surface area (Å²) in [6.07, 6.45) is 1.68. The third-order valence-corrected chi connectivity index (χ3v) is 3.85. The Morgan fingerprint density at radius 2 is 2.04 bits per heavy atom. The van der Waals surface area contributed by atoms with Crippen LogP contribution in [0.25, 0.3) is 17.2 Å². The fourth-order valence-electron chi connectivity index (χ4n) is 2.67. The molecule has 24 heavy (non-hydrogen) atoms. The minimum Gasteiger partial charge on any atom is -0.336 e. The summed E-state index contributed by atoms with van der Waals surface area (Å²) in [6.45, 7) is 2.63. The molecule has 0 saturated carbocycles. The maximum Gasteiger partial charge on any atom is 0.322 e.